The molecule has 1 aliphatic heterocycles. The third kappa shape index (κ3) is 1.25. The summed E-state index contributed by atoms with van der Waals surface area (Å²) < 4.78 is 5.34. The van der Waals surface area contributed by atoms with Gasteiger partial charge in [-0.15, -0.1) is 0 Å². The largest absolute Gasteiger partial charge is 0.491 e. The van der Waals surface area contributed by atoms with E-state index in [2.05, 4.69) is 5.32 Å². The predicted octanol–water partition coefficient (Wildman–Crippen LogP) is 1.41. The monoisotopic (exact) mass is 163 g/mol. The fourth-order valence-corrected chi connectivity index (χ4v) is 1.16. The second-order valence-corrected chi connectivity index (χ2v) is 2.64. The average Bonchev–Trinajstić information content (AvgIpc) is 2.25. The van der Waals surface area contributed by atoms with Crippen molar-refractivity contribution in [2.24, 2.45) is 0 Å². The van der Waals surface area contributed by atoms with Crippen molar-refractivity contribution in [1.29, 1.82) is 0 Å². The van der Waals surface area contributed by atoms with Crippen LogP contribution in [0.4, 0.5) is 5.69 Å². The summed E-state index contributed by atoms with van der Waals surface area (Å²) in [6, 6.07) is 7.43. The van der Waals surface area contributed by atoms with Gasteiger partial charge in [-0.3, -0.25) is 4.79 Å². The summed E-state index contributed by atoms with van der Waals surface area (Å²) in [5.41, 5.74) is 0.764. The highest BCUT2D eigenvalue weighted by molar-refractivity contribution is 5.92. The molecule has 1 aromatic carbocycles. The summed E-state index contributed by atoms with van der Waals surface area (Å²) in [6.45, 7) is 0.461. The minimum Gasteiger partial charge on any atom is -0.491 e. The molecule has 1 aliphatic rings. The van der Waals surface area contributed by atoms with Crippen molar-refractivity contribution in [3.05, 3.63) is 24.3 Å². The number of nitrogens with one attached hydrogen (secondary N) is 1. The molecule has 3 nitrogen and oxygen atoms in total. The van der Waals surface area contributed by atoms with E-state index in [1.807, 2.05) is 24.3 Å². The number of rotatable bonds is 0. The Labute approximate surface area is 70.3 Å². The lowest BCUT2D eigenvalue weighted by molar-refractivity contribution is -0.116. The van der Waals surface area contributed by atoms with Crippen LogP contribution in [0.5, 0.6) is 5.75 Å². The van der Waals surface area contributed by atoms with Gasteiger partial charge in [0.25, 0.3) is 0 Å². The van der Waals surface area contributed by atoms with Gasteiger partial charge >= 0.3 is 0 Å². The van der Waals surface area contributed by atoms with Crippen LogP contribution < -0.4 is 10.1 Å². The van der Waals surface area contributed by atoms with E-state index in [1.165, 1.54) is 0 Å². The molecule has 0 aliphatic carbocycles. The van der Waals surface area contributed by atoms with Crippen LogP contribution in [0.15, 0.2) is 24.3 Å². The lowest BCUT2D eigenvalue weighted by atomic mass is 10.3. The van der Waals surface area contributed by atoms with Gasteiger partial charge in [0.1, 0.15) is 5.75 Å². The number of carbonyl (C=O) groups is 1. The molecule has 0 saturated carbocycles. The quantitative estimate of drug-likeness (QED) is 0.628. The number of hydrogen-bond acceptors (Lipinski definition) is 2. The predicted molar refractivity (Wildman–Crippen MR) is 45.2 cm³/mol. The van der Waals surface area contributed by atoms with E-state index in [9.17, 15) is 4.79 Å². The van der Waals surface area contributed by atoms with Crippen LogP contribution in [0.25, 0.3) is 0 Å². The number of benzene rings is 1. The van der Waals surface area contributed by atoms with Crippen LogP contribution in [0.3, 0.4) is 0 Å². The SMILES string of the molecule is O=C1CCOc2ccccc2N1. The van der Waals surface area contributed by atoms with E-state index < -0.39 is 0 Å². The number of carbonyl (C=O) groups excluding carboxylic acids is 1. The second kappa shape index (κ2) is 2.85. The molecule has 12 heavy (non-hydrogen) atoms. The normalized spacial score (nSPS) is 15.5. The molecule has 62 valence electrons. The Morgan fingerprint density at radius 2 is 2.17 bits per heavy atom. The summed E-state index contributed by atoms with van der Waals surface area (Å²) in [4.78, 5) is 11.1. The highest BCUT2D eigenvalue weighted by atomic mass is 16.5. The van der Waals surface area contributed by atoms with Gasteiger partial charge < -0.3 is 10.1 Å². The molecular formula is C9H9NO2. The molecule has 3 heteroatoms. The first kappa shape index (κ1) is 7.16. The zero-order valence-corrected chi connectivity index (χ0v) is 6.54. The Morgan fingerprint density at radius 3 is 3.08 bits per heavy atom. The van der Waals surface area contributed by atoms with E-state index in [0.29, 0.717) is 13.0 Å². The van der Waals surface area contributed by atoms with Gasteiger partial charge in [0.15, 0.2) is 0 Å². The Morgan fingerprint density at radius 1 is 1.33 bits per heavy atom. The average molecular weight is 163 g/mol. The summed E-state index contributed by atoms with van der Waals surface area (Å²) >= 11 is 0. The van der Waals surface area contributed by atoms with E-state index in [-0.39, 0.29) is 5.91 Å². The number of hydrogen-bond donors (Lipinski definition) is 1. The highest BCUT2D eigenvalue weighted by Gasteiger charge is 2.11. The molecule has 0 unspecified atom stereocenters. The van der Waals surface area contributed by atoms with Gasteiger partial charge in [-0.25, -0.2) is 0 Å². The lowest BCUT2D eigenvalue weighted by Gasteiger charge is -2.04. The fourth-order valence-electron chi connectivity index (χ4n) is 1.16. The van der Waals surface area contributed by atoms with Crippen LogP contribution in [0.1, 0.15) is 6.42 Å². The molecule has 0 saturated heterocycles. The van der Waals surface area contributed by atoms with Crippen molar-refractivity contribution in [3.8, 4) is 5.75 Å². The number of anilines is 1. The number of para-hydroxylation sites is 2. The standard InChI is InChI=1S/C9H9NO2/c11-9-5-6-12-8-4-2-1-3-7(8)10-9/h1-4H,5-6H2,(H,10,11). The lowest BCUT2D eigenvalue weighted by Crippen LogP contribution is -2.10. The molecule has 0 bridgehead atoms. The van der Waals surface area contributed by atoms with Gasteiger partial charge in [-0.2, -0.15) is 0 Å². The molecule has 0 aromatic heterocycles. The van der Waals surface area contributed by atoms with Crippen molar-refractivity contribution >= 4 is 11.6 Å². The number of fused-ring (bicyclic) bond motifs is 1. The van der Waals surface area contributed by atoms with Gasteiger partial charge in [-0.1, -0.05) is 12.1 Å². The van der Waals surface area contributed by atoms with Crippen molar-refractivity contribution in [2.45, 2.75) is 6.42 Å². The Hall–Kier alpha value is -1.51. The summed E-state index contributed by atoms with van der Waals surface area (Å²) in [7, 11) is 0. The minimum absolute atomic E-state index is 0.0138. The Balaban J connectivity index is 2.37. The first-order valence-electron chi connectivity index (χ1n) is 3.88. The number of amides is 1. The second-order valence-electron chi connectivity index (χ2n) is 2.64. The van der Waals surface area contributed by atoms with Gasteiger partial charge in [0.2, 0.25) is 5.91 Å². The van der Waals surface area contributed by atoms with Gasteiger partial charge in [0, 0.05) is 0 Å². The van der Waals surface area contributed by atoms with Gasteiger partial charge in [-0.05, 0) is 12.1 Å². The maximum Gasteiger partial charge on any atom is 0.227 e. The van der Waals surface area contributed by atoms with Crippen LogP contribution >= 0.6 is 0 Å². The van der Waals surface area contributed by atoms with E-state index in [4.69, 9.17) is 4.74 Å². The first-order chi connectivity index (χ1) is 5.86. The summed E-state index contributed by atoms with van der Waals surface area (Å²) in [6.07, 6.45) is 0.425. The molecule has 0 radical (unpaired) electrons. The van der Waals surface area contributed by atoms with Crippen molar-refractivity contribution in [3.63, 3.8) is 0 Å². The van der Waals surface area contributed by atoms with Crippen LogP contribution in [0.2, 0.25) is 0 Å². The Kier molecular flexibility index (Phi) is 1.70. The molecule has 2 rings (SSSR count). The summed E-state index contributed by atoms with van der Waals surface area (Å²) in [5, 5.41) is 2.76. The number of ether oxygens (including phenoxy) is 1. The fraction of sp³-hybridized carbons (Fsp3) is 0.222. The van der Waals surface area contributed by atoms with Crippen LogP contribution in [-0.4, -0.2) is 12.5 Å². The molecule has 1 aromatic rings. The molecule has 1 amide bonds. The maximum atomic E-state index is 11.1. The van der Waals surface area contributed by atoms with E-state index in [1.54, 1.807) is 0 Å². The molecule has 1 heterocycles. The van der Waals surface area contributed by atoms with Crippen LogP contribution in [-0.2, 0) is 4.79 Å². The molecule has 0 spiro atoms. The zero-order chi connectivity index (χ0) is 8.39. The molecular weight excluding hydrogens is 154 g/mol. The van der Waals surface area contributed by atoms with Crippen molar-refractivity contribution in [2.75, 3.05) is 11.9 Å². The first-order valence-corrected chi connectivity index (χ1v) is 3.88. The Bertz CT molecular complexity index is 309. The topological polar surface area (TPSA) is 38.3 Å². The van der Waals surface area contributed by atoms with E-state index >= 15 is 0 Å². The third-order valence-electron chi connectivity index (χ3n) is 1.75. The van der Waals surface area contributed by atoms with Gasteiger partial charge in [0.05, 0.1) is 18.7 Å². The van der Waals surface area contributed by atoms with Crippen molar-refractivity contribution < 1.29 is 9.53 Å². The highest BCUT2D eigenvalue weighted by Crippen LogP contribution is 2.25. The molecule has 0 atom stereocenters. The third-order valence-corrected chi connectivity index (χ3v) is 1.75. The van der Waals surface area contributed by atoms with Crippen LogP contribution in [0, 0.1) is 0 Å². The maximum absolute atomic E-state index is 11.1. The smallest absolute Gasteiger partial charge is 0.227 e. The molecule has 1 N–H and O–H groups in total. The minimum atomic E-state index is 0.0138. The summed E-state index contributed by atoms with van der Waals surface area (Å²) in [5.74, 6) is 0.767. The van der Waals surface area contributed by atoms with E-state index in [0.717, 1.165) is 11.4 Å². The molecule has 0 fully saturated rings. The zero-order valence-electron chi connectivity index (χ0n) is 6.54. The van der Waals surface area contributed by atoms with Crippen molar-refractivity contribution in [1.82, 2.24) is 0 Å².